The van der Waals surface area contributed by atoms with Crippen LogP contribution in [0.2, 0.25) is 0 Å². The third-order valence-corrected chi connectivity index (χ3v) is 5.16. The minimum atomic E-state index is -0.154. The second-order valence-electron chi connectivity index (χ2n) is 8.10. The largest absolute Gasteiger partial charge is 0.357 e. The lowest BCUT2D eigenvalue weighted by molar-refractivity contribution is 0.237. The van der Waals surface area contributed by atoms with Crippen LogP contribution in [0.25, 0.3) is 0 Å². The van der Waals surface area contributed by atoms with Crippen LogP contribution in [-0.2, 0) is 13.0 Å². The van der Waals surface area contributed by atoms with Crippen molar-refractivity contribution in [3.63, 3.8) is 0 Å². The lowest BCUT2D eigenvalue weighted by Gasteiger charge is -2.18. The van der Waals surface area contributed by atoms with Crippen LogP contribution in [0.15, 0.2) is 42.6 Å². The van der Waals surface area contributed by atoms with Crippen molar-refractivity contribution < 1.29 is 4.79 Å². The summed E-state index contributed by atoms with van der Waals surface area (Å²) in [6, 6.07) is 12.4. The highest BCUT2D eigenvalue weighted by Gasteiger charge is 2.14. The van der Waals surface area contributed by atoms with Gasteiger partial charge in [0.2, 0.25) is 0 Å². The number of rotatable bonds is 7. The number of aromatic nitrogens is 1. The van der Waals surface area contributed by atoms with Crippen LogP contribution < -0.4 is 15.5 Å². The van der Waals surface area contributed by atoms with Crippen LogP contribution >= 0.6 is 0 Å². The second kappa shape index (κ2) is 9.58. The van der Waals surface area contributed by atoms with E-state index in [0.717, 1.165) is 36.5 Å². The van der Waals surface area contributed by atoms with Crippen molar-refractivity contribution in [2.45, 2.75) is 52.6 Å². The van der Waals surface area contributed by atoms with Gasteiger partial charge in [0.25, 0.3) is 0 Å². The van der Waals surface area contributed by atoms with Crippen LogP contribution in [-0.4, -0.2) is 24.1 Å². The molecule has 150 valence electrons. The average molecular weight is 381 g/mol. The summed E-state index contributed by atoms with van der Waals surface area (Å²) >= 11 is 0. The molecule has 1 aliphatic heterocycles. The van der Waals surface area contributed by atoms with Gasteiger partial charge < -0.3 is 15.5 Å². The van der Waals surface area contributed by atoms with Crippen LogP contribution in [0, 0.1) is 5.92 Å². The summed E-state index contributed by atoms with van der Waals surface area (Å²) in [5.41, 5.74) is 3.52. The van der Waals surface area contributed by atoms with Crippen LogP contribution in [0.3, 0.4) is 0 Å². The Kier molecular flexibility index (Phi) is 6.90. The topological polar surface area (TPSA) is 57.3 Å². The maximum atomic E-state index is 12.3. The predicted molar refractivity (Wildman–Crippen MR) is 114 cm³/mol. The fourth-order valence-corrected chi connectivity index (χ4v) is 3.62. The minimum absolute atomic E-state index is 0.0364. The molecule has 2 N–H and O–H groups in total. The summed E-state index contributed by atoms with van der Waals surface area (Å²) in [6.45, 7) is 9.08. The van der Waals surface area contributed by atoms with E-state index in [1.165, 1.54) is 18.4 Å². The van der Waals surface area contributed by atoms with E-state index in [1.807, 2.05) is 19.2 Å². The number of benzene rings is 1. The molecule has 3 rings (SSSR count). The molecule has 1 aliphatic rings. The van der Waals surface area contributed by atoms with E-state index >= 15 is 0 Å². The van der Waals surface area contributed by atoms with Gasteiger partial charge in [0.1, 0.15) is 5.82 Å². The molecule has 2 aromatic rings. The van der Waals surface area contributed by atoms with Crippen LogP contribution in [0.4, 0.5) is 10.6 Å². The number of nitrogens with one attached hydrogen (secondary N) is 2. The van der Waals surface area contributed by atoms with E-state index in [-0.39, 0.29) is 12.1 Å². The number of anilines is 1. The molecule has 1 aromatic heterocycles. The SMILES string of the molecule is CC(C)Cc1ccc(C(C)NC(=O)NCc2ccnc(N3CCCC3)c2)cc1. The number of urea groups is 1. The van der Waals surface area contributed by atoms with Gasteiger partial charge in [0.15, 0.2) is 0 Å². The second-order valence-corrected chi connectivity index (χ2v) is 8.10. The van der Waals surface area contributed by atoms with Gasteiger partial charge in [-0.05, 0) is 60.9 Å². The summed E-state index contributed by atoms with van der Waals surface area (Å²) in [5.74, 6) is 1.65. The third-order valence-electron chi connectivity index (χ3n) is 5.16. The van der Waals surface area contributed by atoms with Crippen molar-refractivity contribution in [1.82, 2.24) is 15.6 Å². The molecule has 0 radical (unpaired) electrons. The summed E-state index contributed by atoms with van der Waals surface area (Å²) in [4.78, 5) is 19.1. The van der Waals surface area contributed by atoms with Crippen molar-refractivity contribution in [3.05, 3.63) is 59.3 Å². The van der Waals surface area contributed by atoms with Crippen molar-refractivity contribution in [1.29, 1.82) is 0 Å². The van der Waals surface area contributed by atoms with E-state index in [0.29, 0.717) is 12.5 Å². The van der Waals surface area contributed by atoms with Gasteiger partial charge in [0.05, 0.1) is 6.04 Å². The molecule has 0 spiro atoms. The third kappa shape index (κ3) is 5.72. The molecule has 0 aliphatic carbocycles. The lowest BCUT2D eigenvalue weighted by Crippen LogP contribution is -2.36. The van der Waals surface area contributed by atoms with Gasteiger partial charge in [-0.3, -0.25) is 0 Å². The smallest absolute Gasteiger partial charge is 0.315 e. The molecule has 1 unspecified atom stereocenters. The van der Waals surface area contributed by atoms with E-state index < -0.39 is 0 Å². The van der Waals surface area contributed by atoms with E-state index in [9.17, 15) is 4.79 Å². The number of hydrogen-bond acceptors (Lipinski definition) is 3. The maximum absolute atomic E-state index is 12.3. The Morgan fingerprint density at radius 1 is 1.07 bits per heavy atom. The first kappa shape index (κ1) is 20.2. The Morgan fingerprint density at radius 2 is 1.79 bits per heavy atom. The fourth-order valence-electron chi connectivity index (χ4n) is 3.62. The van der Waals surface area contributed by atoms with Crippen LogP contribution in [0.1, 0.15) is 56.3 Å². The number of carbonyl (C=O) groups is 1. The molecule has 5 heteroatoms. The lowest BCUT2D eigenvalue weighted by atomic mass is 10.00. The zero-order chi connectivity index (χ0) is 19.9. The molecular weight excluding hydrogens is 348 g/mol. The van der Waals surface area contributed by atoms with Crippen molar-refractivity contribution in [2.75, 3.05) is 18.0 Å². The molecule has 1 aromatic carbocycles. The standard InChI is InChI=1S/C23H32N4O/c1-17(2)14-19-6-8-21(9-7-19)18(3)26-23(28)25-16-20-10-11-24-22(15-20)27-12-4-5-13-27/h6-11,15,17-18H,4-5,12-14,16H2,1-3H3,(H2,25,26,28). The molecule has 2 amide bonds. The van der Waals surface area contributed by atoms with Gasteiger partial charge in [0, 0.05) is 25.8 Å². The van der Waals surface area contributed by atoms with Gasteiger partial charge in [-0.2, -0.15) is 0 Å². The monoisotopic (exact) mass is 380 g/mol. The first-order chi connectivity index (χ1) is 13.5. The number of amides is 2. The highest BCUT2D eigenvalue weighted by atomic mass is 16.2. The molecule has 0 saturated carbocycles. The Balaban J connectivity index is 1.49. The van der Waals surface area contributed by atoms with Gasteiger partial charge >= 0.3 is 6.03 Å². The van der Waals surface area contributed by atoms with Gasteiger partial charge in [-0.1, -0.05) is 38.1 Å². The Labute approximate surface area is 168 Å². The summed E-state index contributed by atoms with van der Waals surface area (Å²) in [6.07, 6.45) is 5.35. The summed E-state index contributed by atoms with van der Waals surface area (Å²) < 4.78 is 0. The highest BCUT2D eigenvalue weighted by molar-refractivity contribution is 5.74. The average Bonchev–Trinajstić information content (AvgIpc) is 3.21. The molecule has 0 bridgehead atoms. The molecule has 1 fully saturated rings. The maximum Gasteiger partial charge on any atom is 0.315 e. The Bertz CT molecular complexity index is 766. The van der Waals surface area contributed by atoms with Crippen LogP contribution in [0.5, 0.6) is 0 Å². The molecule has 2 heterocycles. The number of pyridine rings is 1. The van der Waals surface area contributed by atoms with E-state index in [4.69, 9.17) is 0 Å². The first-order valence-electron chi connectivity index (χ1n) is 10.3. The Hall–Kier alpha value is -2.56. The fraction of sp³-hybridized carbons (Fsp3) is 0.478. The zero-order valence-corrected chi connectivity index (χ0v) is 17.2. The number of nitrogens with zero attached hydrogens (tertiary/aromatic N) is 2. The number of hydrogen-bond donors (Lipinski definition) is 2. The van der Waals surface area contributed by atoms with Crippen molar-refractivity contribution in [2.24, 2.45) is 5.92 Å². The van der Waals surface area contributed by atoms with E-state index in [1.54, 1.807) is 0 Å². The summed E-state index contributed by atoms with van der Waals surface area (Å²) in [5, 5.41) is 5.98. The molecule has 1 saturated heterocycles. The first-order valence-corrected chi connectivity index (χ1v) is 10.3. The van der Waals surface area contributed by atoms with Crippen molar-refractivity contribution >= 4 is 11.8 Å². The molecular formula is C23H32N4O. The number of carbonyl (C=O) groups excluding carboxylic acids is 1. The molecule has 5 nitrogen and oxygen atoms in total. The quantitative estimate of drug-likeness (QED) is 0.746. The molecule has 1 atom stereocenters. The van der Waals surface area contributed by atoms with Crippen molar-refractivity contribution in [3.8, 4) is 0 Å². The van der Waals surface area contributed by atoms with Gasteiger partial charge in [-0.25, -0.2) is 9.78 Å². The molecule has 28 heavy (non-hydrogen) atoms. The minimum Gasteiger partial charge on any atom is -0.357 e. The van der Waals surface area contributed by atoms with Gasteiger partial charge in [-0.15, -0.1) is 0 Å². The van der Waals surface area contributed by atoms with E-state index in [2.05, 4.69) is 64.7 Å². The summed E-state index contributed by atoms with van der Waals surface area (Å²) in [7, 11) is 0. The zero-order valence-electron chi connectivity index (χ0n) is 17.2. The Morgan fingerprint density at radius 3 is 2.46 bits per heavy atom. The normalized spacial score (nSPS) is 14.9. The predicted octanol–water partition coefficient (Wildman–Crippen LogP) is 4.44. The highest BCUT2D eigenvalue weighted by Crippen LogP contribution is 2.19.